The zero-order chi connectivity index (χ0) is 18.5. The third-order valence-corrected chi connectivity index (χ3v) is 3.73. The predicted molar refractivity (Wildman–Crippen MR) is 99.3 cm³/mol. The van der Waals surface area contributed by atoms with Gasteiger partial charge in [-0.2, -0.15) is 0 Å². The first-order chi connectivity index (χ1) is 12.5. The summed E-state index contributed by atoms with van der Waals surface area (Å²) in [5.41, 5.74) is 7.38. The number of amides is 1. The standard InChI is InChI=1S/C18H15ClFN5O/c19-14-8-13(4-5-15(14)20)25-18-9-17(22-10-23-18)24-12-3-1-2-11(6-12)7-16(21)26/h1-6,8-10H,7H2,(H2,21,26)(H2,22,23,24,25). The molecule has 0 fully saturated rings. The number of nitrogens with two attached hydrogens (primary N) is 1. The molecule has 26 heavy (non-hydrogen) atoms. The second-order valence-corrected chi connectivity index (χ2v) is 5.92. The van der Waals surface area contributed by atoms with Crippen LogP contribution in [0.3, 0.4) is 0 Å². The van der Waals surface area contributed by atoms with Crippen LogP contribution in [-0.4, -0.2) is 15.9 Å². The lowest BCUT2D eigenvalue weighted by atomic mass is 10.1. The summed E-state index contributed by atoms with van der Waals surface area (Å²) in [7, 11) is 0. The number of aromatic nitrogens is 2. The van der Waals surface area contributed by atoms with Gasteiger partial charge in [0, 0.05) is 17.4 Å². The van der Waals surface area contributed by atoms with Crippen molar-refractivity contribution in [2.45, 2.75) is 6.42 Å². The van der Waals surface area contributed by atoms with E-state index in [9.17, 15) is 9.18 Å². The number of nitrogens with zero attached hydrogens (tertiary/aromatic N) is 2. The van der Waals surface area contributed by atoms with Gasteiger partial charge >= 0.3 is 0 Å². The van der Waals surface area contributed by atoms with E-state index in [4.69, 9.17) is 17.3 Å². The number of hydrogen-bond acceptors (Lipinski definition) is 5. The Morgan fingerprint density at radius 3 is 2.38 bits per heavy atom. The minimum atomic E-state index is -0.488. The Kier molecular flexibility index (Phi) is 5.28. The second kappa shape index (κ2) is 7.79. The topological polar surface area (TPSA) is 92.9 Å². The van der Waals surface area contributed by atoms with Gasteiger partial charge in [0.1, 0.15) is 23.8 Å². The molecule has 1 amide bonds. The minimum absolute atomic E-state index is 0.0219. The average Bonchev–Trinajstić information content (AvgIpc) is 2.58. The molecule has 0 bridgehead atoms. The summed E-state index contributed by atoms with van der Waals surface area (Å²) in [6.07, 6.45) is 1.56. The monoisotopic (exact) mass is 371 g/mol. The Morgan fingerprint density at radius 2 is 1.73 bits per heavy atom. The maximum Gasteiger partial charge on any atom is 0.221 e. The fraction of sp³-hybridized carbons (Fsp3) is 0.0556. The van der Waals surface area contributed by atoms with Crippen molar-refractivity contribution in [3.8, 4) is 0 Å². The van der Waals surface area contributed by atoms with E-state index in [1.54, 1.807) is 12.1 Å². The van der Waals surface area contributed by atoms with Crippen LogP contribution in [0.4, 0.5) is 27.4 Å². The number of benzene rings is 2. The van der Waals surface area contributed by atoms with Gasteiger partial charge in [-0.05, 0) is 35.9 Å². The Hall–Kier alpha value is -3.19. The third kappa shape index (κ3) is 4.67. The molecule has 0 aliphatic rings. The first kappa shape index (κ1) is 17.6. The molecule has 3 aromatic rings. The van der Waals surface area contributed by atoms with Crippen LogP contribution in [0.1, 0.15) is 5.56 Å². The van der Waals surface area contributed by atoms with E-state index in [0.29, 0.717) is 17.3 Å². The smallest absolute Gasteiger partial charge is 0.221 e. The number of carbonyl (C=O) groups excluding carboxylic acids is 1. The number of carbonyl (C=O) groups is 1. The third-order valence-electron chi connectivity index (χ3n) is 3.44. The fourth-order valence-corrected chi connectivity index (χ4v) is 2.50. The largest absolute Gasteiger partial charge is 0.369 e. The summed E-state index contributed by atoms with van der Waals surface area (Å²) in [5, 5.41) is 6.19. The lowest BCUT2D eigenvalue weighted by molar-refractivity contribution is -0.117. The molecule has 0 radical (unpaired) electrons. The lowest BCUT2D eigenvalue weighted by Gasteiger charge is -2.10. The molecule has 132 valence electrons. The first-order valence-corrected chi connectivity index (χ1v) is 8.06. The lowest BCUT2D eigenvalue weighted by Crippen LogP contribution is -2.13. The van der Waals surface area contributed by atoms with Gasteiger partial charge in [-0.25, -0.2) is 14.4 Å². The Morgan fingerprint density at radius 1 is 1.04 bits per heavy atom. The molecule has 2 aromatic carbocycles. The molecule has 0 aliphatic carbocycles. The normalized spacial score (nSPS) is 10.4. The average molecular weight is 372 g/mol. The molecular formula is C18H15ClFN5O. The highest BCUT2D eigenvalue weighted by molar-refractivity contribution is 6.31. The number of nitrogens with one attached hydrogen (secondary N) is 2. The van der Waals surface area contributed by atoms with Gasteiger partial charge < -0.3 is 16.4 Å². The van der Waals surface area contributed by atoms with Crippen LogP contribution in [-0.2, 0) is 11.2 Å². The van der Waals surface area contributed by atoms with Gasteiger partial charge in [-0.3, -0.25) is 4.79 Å². The summed E-state index contributed by atoms with van der Waals surface area (Å²) < 4.78 is 13.2. The molecule has 0 spiro atoms. The van der Waals surface area contributed by atoms with E-state index in [2.05, 4.69) is 20.6 Å². The summed E-state index contributed by atoms with van der Waals surface area (Å²) in [6, 6.07) is 13.3. The first-order valence-electron chi connectivity index (χ1n) is 7.68. The van der Waals surface area contributed by atoms with Crippen LogP contribution in [0.25, 0.3) is 0 Å². The number of halogens is 2. The van der Waals surface area contributed by atoms with Gasteiger partial charge in [0.25, 0.3) is 0 Å². The molecular weight excluding hydrogens is 357 g/mol. The molecule has 8 heteroatoms. The summed E-state index contributed by atoms with van der Waals surface area (Å²) in [4.78, 5) is 19.3. The van der Waals surface area contributed by atoms with Crippen molar-refractivity contribution >= 4 is 40.5 Å². The molecule has 1 heterocycles. The van der Waals surface area contributed by atoms with Gasteiger partial charge in [-0.15, -0.1) is 0 Å². The van der Waals surface area contributed by atoms with E-state index in [0.717, 1.165) is 11.3 Å². The molecule has 0 saturated heterocycles. The van der Waals surface area contributed by atoms with Crippen molar-refractivity contribution in [3.05, 3.63) is 71.3 Å². The van der Waals surface area contributed by atoms with Crippen LogP contribution in [0.15, 0.2) is 54.9 Å². The number of hydrogen-bond donors (Lipinski definition) is 3. The van der Waals surface area contributed by atoms with Crippen molar-refractivity contribution in [1.82, 2.24) is 9.97 Å². The molecule has 0 unspecified atom stereocenters. The molecule has 0 aliphatic heterocycles. The van der Waals surface area contributed by atoms with Crippen molar-refractivity contribution in [2.75, 3.05) is 10.6 Å². The van der Waals surface area contributed by atoms with Gasteiger partial charge in [-0.1, -0.05) is 23.7 Å². The van der Waals surface area contributed by atoms with E-state index in [-0.39, 0.29) is 11.4 Å². The maximum atomic E-state index is 13.2. The van der Waals surface area contributed by atoms with Gasteiger partial charge in [0.2, 0.25) is 5.91 Å². The maximum absolute atomic E-state index is 13.2. The predicted octanol–water partition coefficient (Wildman–Crippen LogP) is 3.78. The van der Waals surface area contributed by atoms with Crippen LogP contribution in [0, 0.1) is 5.82 Å². The highest BCUT2D eigenvalue weighted by Gasteiger charge is 2.05. The van der Waals surface area contributed by atoms with Gasteiger partial charge in [0.05, 0.1) is 11.4 Å². The minimum Gasteiger partial charge on any atom is -0.369 e. The van der Waals surface area contributed by atoms with E-state index in [1.807, 2.05) is 24.3 Å². The zero-order valence-electron chi connectivity index (χ0n) is 13.5. The Balaban J connectivity index is 1.75. The molecule has 3 rings (SSSR count). The van der Waals surface area contributed by atoms with Crippen molar-refractivity contribution in [1.29, 1.82) is 0 Å². The van der Waals surface area contributed by atoms with Crippen LogP contribution in [0.5, 0.6) is 0 Å². The number of rotatable bonds is 6. The van der Waals surface area contributed by atoms with Crippen LogP contribution >= 0.6 is 11.6 Å². The van der Waals surface area contributed by atoms with E-state index < -0.39 is 11.7 Å². The summed E-state index contributed by atoms with van der Waals surface area (Å²) >= 11 is 5.78. The molecule has 4 N–H and O–H groups in total. The van der Waals surface area contributed by atoms with E-state index >= 15 is 0 Å². The number of anilines is 4. The number of primary amides is 1. The summed E-state index contributed by atoms with van der Waals surface area (Å²) in [5.74, 6) is 0.178. The highest BCUT2D eigenvalue weighted by Crippen LogP contribution is 2.23. The quantitative estimate of drug-likeness (QED) is 0.613. The fourth-order valence-electron chi connectivity index (χ4n) is 2.32. The molecule has 0 atom stereocenters. The molecule has 1 aromatic heterocycles. The SMILES string of the molecule is NC(=O)Cc1cccc(Nc2cc(Nc3ccc(F)c(Cl)c3)ncn2)c1. The van der Waals surface area contributed by atoms with Crippen molar-refractivity contribution in [3.63, 3.8) is 0 Å². The van der Waals surface area contributed by atoms with Crippen molar-refractivity contribution < 1.29 is 9.18 Å². The Labute approximate surface area is 154 Å². The Bertz CT molecular complexity index is 950. The van der Waals surface area contributed by atoms with Crippen LogP contribution < -0.4 is 16.4 Å². The molecule has 0 saturated carbocycles. The van der Waals surface area contributed by atoms with Gasteiger partial charge in [0.15, 0.2) is 0 Å². The van der Waals surface area contributed by atoms with Crippen LogP contribution in [0.2, 0.25) is 5.02 Å². The summed E-state index contributed by atoms with van der Waals surface area (Å²) in [6.45, 7) is 0. The molecule has 6 nitrogen and oxygen atoms in total. The van der Waals surface area contributed by atoms with E-state index in [1.165, 1.54) is 18.5 Å². The highest BCUT2D eigenvalue weighted by atomic mass is 35.5. The second-order valence-electron chi connectivity index (χ2n) is 5.51. The zero-order valence-corrected chi connectivity index (χ0v) is 14.3. The van der Waals surface area contributed by atoms with Crippen molar-refractivity contribution in [2.24, 2.45) is 5.73 Å².